The minimum absolute atomic E-state index is 0.0806. The molecule has 1 aliphatic heterocycles. The fraction of sp³-hybridized carbons (Fsp3) is 0.125. The first kappa shape index (κ1) is 24.0. The summed E-state index contributed by atoms with van der Waals surface area (Å²) < 4.78 is 29.7. The van der Waals surface area contributed by atoms with Crippen molar-refractivity contribution in [3.05, 3.63) is 138 Å². The summed E-state index contributed by atoms with van der Waals surface area (Å²) in [6.45, 7) is 4.05. The minimum Gasteiger partial charge on any atom is -0.249 e. The van der Waals surface area contributed by atoms with Gasteiger partial charge in [0.15, 0.2) is 0 Å². The van der Waals surface area contributed by atoms with Crippen LogP contribution in [0.25, 0.3) is 10.8 Å². The lowest BCUT2D eigenvalue weighted by Gasteiger charge is -2.10. The molecule has 0 N–H and O–H groups in total. The SMILES string of the molecule is Cc1ccc(S(=O)c2ccccc2[C@H]2[C@H](c3ccc4ccccc4c3)N2S(=O)c2ccc(C)cc2)cc1. The summed E-state index contributed by atoms with van der Waals surface area (Å²) in [6, 6.07) is 38.1. The lowest BCUT2D eigenvalue weighted by molar-refractivity contribution is 0.637. The Hall–Kier alpha value is -3.38. The molecule has 0 aromatic heterocycles. The van der Waals surface area contributed by atoms with Crippen LogP contribution in [0.4, 0.5) is 0 Å². The van der Waals surface area contributed by atoms with E-state index in [1.165, 1.54) is 5.39 Å². The van der Waals surface area contributed by atoms with Crippen molar-refractivity contribution in [2.75, 3.05) is 0 Å². The molecule has 37 heavy (non-hydrogen) atoms. The number of hydrogen-bond acceptors (Lipinski definition) is 2. The zero-order chi connectivity index (χ0) is 25.5. The Morgan fingerprint density at radius 3 is 1.89 bits per heavy atom. The number of benzene rings is 5. The average molecular weight is 522 g/mol. The predicted octanol–water partition coefficient (Wildman–Crippen LogP) is 7.44. The van der Waals surface area contributed by atoms with Gasteiger partial charge < -0.3 is 0 Å². The second-order valence-corrected chi connectivity index (χ2v) is 12.4. The van der Waals surface area contributed by atoms with Crippen LogP contribution in [0.1, 0.15) is 34.3 Å². The number of hydrogen-bond donors (Lipinski definition) is 0. The second kappa shape index (κ2) is 9.82. The topological polar surface area (TPSA) is 37.1 Å². The van der Waals surface area contributed by atoms with Crippen LogP contribution in [0.3, 0.4) is 0 Å². The van der Waals surface area contributed by atoms with Gasteiger partial charge in [-0.15, -0.1) is 0 Å². The molecule has 1 aliphatic rings. The summed E-state index contributed by atoms with van der Waals surface area (Å²) in [5, 5.41) is 2.33. The largest absolute Gasteiger partial charge is 0.249 e. The molecule has 6 rings (SSSR count). The number of rotatable bonds is 6. The van der Waals surface area contributed by atoms with E-state index in [-0.39, 0.29) is 12.1 Å². The van der Waals surface area contributed by atoms with E-state index >= 15 is 0 Å². The van der Waals surface area contributed by atoms with Crippen molar-refractivity contribution in [3.8, 4) is 0 Å². The van der Waals surface area contributed by atoms with Crippen LogP contribution in [-0.4, -0.2) is 12.7 Å². The summed E-state index contributed by atoms with van der Waals surface area (Å²) in [7, 11) is -2.70. The van der Waals surface area contributed by atoms with Crippen LogP contribution in [0.5, 0.6) is 0 Å². The van der Waals surface area contributed by atoms with Crippen molar-refractivity contribution in [2.45, 2.75) is 40.6 Å². The van der Waals surface area contributed by atoms with Gasteiger partial charge in [-0.1, -0.05) is 90.0 Å². The van der Waals surface area contributed by atoms with Crippen molar-refractivity contribution in [1.82, 2.24) is 4.31 Å². The van der Waals surface area contributed by atoms with E-state index < -0.39 is 21.8 Å². The van der Waals surface area contributed by atoms with Crippen molar-refractivity contribution in [2.24, 2.45) is 0 Å². The third-order valence-electron chi connectivity index (χ3n) is 6.96. The van der Waals surface area contributed by atoms with Gasteiger partial charge in [0.1, 0.15) is 11.0 Å². The molecule has 3 nitrogen and oxygen atoms in total. The molecule has 1 saturated heterocycles. The van der Waals surface area contributed by atoms with Gasteiger partial charge in [0.25, 0.3) is 0 Å². The molecule has 1 fully saturated rings. The quantitative estimate of drug-likeness (QED) is 0.218. The molecule has 184 valence electrons. The molecule has 1 heterocycles. The Kier molecular flexibility index (Phi) is 6.37. The van der Waals surface area contributed by atoms with E-state index in [0.717, 1.165) is 42.3 Å². The number of nitrogens with zero attached hydrogens (tertiary/aromatic N) is 1. The van der Waals surface area contributed by atoms with Crippen molar-refractivity contribution in [3.63, 3.8) is 0 Å². The van der Waals surface area contributed by atoms with E-state index in [2.05, 4.69) is 30.3 Å². The smallest absolute Gasteiger partial charge is 0.128 e. The zero-order valence-electron chi connectivity index (χ0n) is 20.7. The second-order valence-electron chi connectivity index (χ2n) is 9.54. The van der Waals surface area contributed by atoms with E-state index in [0.29, 0.717) is 0 Å². The molecule has 0 bridgehead atoms. The summed E-state index contributed by atoms with van der Waals surface area (Å²) in [5.41, 5.74) is 4.33. The van der Waals surface area contributed by atoms with Gasteiger partial charge in [-0.05, 0) is 72.1 Å². The monoisotopic (exact) mass is 521 g/mol. The fourth-order valence-electron chi connectivity index (χ4n) is 4.90. The molecule has 5 aromatic carbocycles. The third-order valence-corrected chi connectivity index (χ3v) is 9.94. The lowest BCUT2D eigenvalue weighted by atomic mass is 10.0. The molecule has 0 aliphatic carbocycles. The number of aryl methyl sites for hydroxylation is 2. The van der Waals surface area contributed by atoms with E-state index in [1.54, 1.807) is 0 Å². The zero-order valence-corrected chi connectivity index (χ0v) is 22.3. The van der Waals surface area contributed by atoms with Gasteiger partial charge in [-0.2, -0.15) is 0 Å². The fourth-order valence-corrected chi connectivity index (χ4v) is 7.58. The molecule has 0 radical (unpaired) electrons. The lowest BCUT2D eigenvalue weighted by Crippen LogP contribution is -2.06. The van der Waals surface area contributed by atoms with Crippen LogP contribution in [0, 0.1) is 13.8 Å². The molecule has 5 atom stereocenters. The maximum absolute atomic E-state index is 13.9. The van der Waals surface area contributed by atoms with Gasteiger partial charge in [0.05, 0.1) is 27.8 Å². The van der Waals surface area contributed by atoms with Crippen LogP contribution in [-0.2, 0) is 21.8 Å². The third kappa shape index (κ3) is 4.59. The highest BCUT2D eigenvalue weighted by atomic mass is 32.2. The van der Waals surface area contributed by atoms with Crippen LogP contribution < -0.4 is 0 Å². The van der Waals surface area contributed by atoms with Crippen LogP contribution in [0.15, 0.2) is 130 Å². The van der Waals surface area contributed by atoms with Crippen molar-refractivity contribution in [1.29, 1.82) is 0 Å². The van der Waals surface area contributed by atoms with Gasteiger partial charge >= 0.3 is 0 Å². The van der Waals surface area contributed by atoms with Gasteiger partial charge in [0, 0.05) is 9.79 Å². The van der Waals surface area contributed by atoms with Gasteiger partial charge in [-0.25, -0.2) is 12.7 Å². The standard InChI is InChI=1S/C32H27NO2S2/c1-22-11-17-27(18-12-22)36(34)30-10-6-5-9-29(30)32-31(26-16-15-24-7-3-4-8-25(24)21-26)33(32)37(35)28-19-13-23(2)14-20-28/h3-21,31-32H,1-2H3/t31-,32-,33?,36?,37?/m0/s1. The molecular formula is C32H27NO2S2. The van der Waals surface area contributed by atoms with Gasteiger partial charge in [-0.3, -0.25) is 0 Å². The maximum Gasteiger partial charge on any atom is 0.128 e. The number of fused-ring (bicyclic) bond motifs is 1. The molecule has 5 heteroatoms. The van der Waals surface area contributed by atoms with Crippen LogP contribution in [0.2, 0.25) is 0 Å². The normalized spacial score (nSPS) is 20.4. The first-order valence-electron chi connectivity index (χ1n) is 12.3. The Balaban J connectivity index is 1.44. The van der Waals surface area contributed by atoms with Crippen molar-refractivity contribution >= 4 is 32.6 Å². The highest BCUT2D eigenvalue weighted by Crippen LogP contribution is 2.58. The van der Waals surface area contributed by atoms with Crippen LogP contribution >= 0.6 is 0 Å². The highest BCUT2D eigenvalue weighted by Gasteiger charge is 2.54. The van der Waals surface area contributed by atoms with E-state index in [9.17, 15) is 8.42 Å². The molecule has 0 amide bonds. The molecule has 0 saturated carbocycles. The summed E-state index contributed by atoms with van der Waals surface area (Å²) in [6.07, 6.45) is 0. The Labute approximate surface area is 222 Å². The first-order valence-corrected chi connectivity index (χ1v) is 14.6. The molecule has 3 unspecified atom stereocenters. The highest BCUT2D eigenvalue weighted by molar-refractivity contribution is 7.85. The van der Waals surface area contributed by atoms with Crippen molar-refractivity contribution < 1.29 is 8.42 Å². The Morgan fingerprint density at radius 1 is 0.595 bits per heavy atom. The summed E-state index contributed by atoms with van der Waals surface area (Å²) in [5.74, 6) is 0. The molecule has 5 aromatic rings. The maximum atomic E-state index is 13.9. The summed E-state index contributed by atoms with van der Waals surface area (Å²) in [4.78, 5) is 2.31. The molecular weight excluding hydrogens is 494 g/mol. The van der Waals surface area contributed by atoms with Gasteiger partial charge in [0.2, 0.25) is 0 Å². The summed E-state index contributed by atoms with van der Waals surface area (Å²) >= 11 is 0. The van der Waals surface area contributed by atoms with E-state index in [4.69, 9.17) is 0 Å². The predicted molar refractivity (Wildman–Crippen MR) is 151 cm³/mol. The minimum atomic E-state index is -1.36. The Morgan fingerprint density at radius 2 is 1.19 bits per heavy atom. The average Bonchev–Trinajstić information content (AvgIpc) is 3.68. The Bertz CT molecular complexity index is 1640. The first-order chi connectivity index (χ1) is 18.0. The molecule has 0 spiro atoms. The van der Waals surface area contributed by atoms with E-state index in [1.807, 2.05) is 103 Å².